The largest absolute Gasteiger partial charge is 1.00 e. The third-order valence-corrected chi connectivity index (χ3v) is 1.94. The number of rotatable bonds is 3. The van der Waals surface area contributed by atoms with Crippen molar-refractivity contribution in [2.24, 2.45) is 0 Å². The topological polar surface area (TPSA) is 27.6 Å². The molecule has 0 bridgehead atoms. The lowest BCUT2D eigenvalue weighted by Gasteiger charge is -2.04. The Bertz CT molecular complexity index is 198. The van der Waals surface area contributed by atoms with Crippen LogP contribution in [0.4, 0.5) is 0 Å². The van der Waals surface area contributed by atoms with Crippen molar-refractivity contribution in [1.29, 1.82) is 0 Å². The van der Waals surface area contributed by atoms with Crippen LogP contribution in [-0.4, -0.2) is 6.04 Å². The quantitative estimate of drug-likeness (QED) is 0.579. The number of hydrogen-bond donors (Lipinski definition) is 1. The zero-order valence-electron chi connectivity index (χ0n) is 7.46. The molecule has 0 radical (unpaired) electrons. The highest BCUT2D eigenvalue weighted by Crippen LogP contribution is 2.01. The fraction of sp³-hybridized carbons (Fsp3) is 0.400. The van der Waals surface area contributed by atoms with Crippen LogP contribution in [0, 0.1) is 0 Å². The van der Waals surface area contributed by atoms with Gasteiger partial charge in [-0.1, -0.05) is 37.3 Å². The van der Waals surface area contributed by atoms with E-state index in [0.29, 0.717) is 6.04 Å². The summed E-state index contributed by atoms with van der Waals surface area (Å²) in [7, 11) is 0. The van der Waals surface area contributed by atoms with Crippen molar-refractivity contribution in [3.8, 4) is 0 Å². The van der Waals surface area contributed by atoms with Crippen LogP contribution in [0.5, 0.6) is 0 Å². The smallest absolute Gasteiger partial charge is 0.0881 e. The Hall–Kier alpha value is -0.530. The summed E-state index contributed by atoms with van der Waals surface area (Å²) in [6.45, 7) is 2.18. The highest BCUT2D eigenvalue weighted by molar-refractivity contribution is 5.15. The van der Waals surface area contributed by atoms with Crippen molar-refractivity contribution < 1.29 is 18.1 Å². The van der Waals surface area contributed by atoms with Gasteiger partial charge >= 0.3 is 0 Å². The molecule has 1 atom stereocenters. The predicted molar refractivity (Wildman–Crippen MR) is 47.1 cm³/mol. The first kappa shape index (κ1) is 11.5. The molecule has 0 aliphatic rings. The third kappa shape index (κ3) is 3.74. The van der Waals surface area contributed by atoms with E-state index in [1.165, 1.54) is 5.56 Å². The summed E-state index contributed by atoms with van der Waals surface area (Å²) in [4.78, 5) is 0. The summed E-state index contributed by atoms with van der Waals surface area (Å²) in [6, 6.07) is 11.1. The number of quaternary nitrogens is 1. The normalized spacial score (nSPS) is 11.8. The van der Waals surface area contributed by atoms with Crippen LogP contribution in [0.1, 0.15) is 18.9 Å². The Labute approximate surface area is 80.4 Å². The maximum atomic E-state index is 4.05. The first-order chi connectivity index (χ1) is 5.33. The molecule has 1 rings (SSSR count). The maximum absolute atomic E-state index is 4.05. The van der Waals surface area contributed by atoms with Gasteiger partial charge in [-0.2, -0.15) is 0 Å². The highest BCUT2D eigenvalue weighted by atomic mass is 35.5. The SMILES string of the molecule is CC[C@H]([NH3+])Cc1ccccc1.[Cl-]. The molecule has 0 saturated carbocycles. The van der Waals surface area contributed by atoms with Crippen LogP contribution in [0.2, 0.25) is 0 Å². The zero-order valence-corrected chi connectivity index (χ0v) is 8.22. The molecule has 0 amide bonds. The van der Waals surface area contributed by atoms with E-state index in [9.17, 15) is 0 Å². The molecular weight excluding hydrogens is 170 g/mol. The van der Waals surface area contributed by atoms with E-state index >= 15 is 0 Å². The molecule has 1 aromatic rings. The van der Waals surface area contributed by atoms with Gasteiger partial charge in [0.25, 0.3) is 0 Å². The number of halogens is 1. The predicted octanol–water partition coefficient (Wildman–Crippen LogP) is -1.75. The molecule has 0 spiro atoms. The minimum Gasteiger partial charge on any atom is -1.00 e. The van der Waals surface area contributed by atoms with Gasteiger partial charge in [0.1, 0.15) is 0 Å². The summed E-state index contributed by atoms with van der Waals surface area (Å²) < 4.78 is 0. The Kier molecular flexibility index (Phi) is 5.77. The van der Waals surface area contributed by atoms with Gasteiger partial charge in [0.15, 0.2) is 0 Å². The minimum atomic E-state index is 0. The molecule has 0 aromatic heterocycles. The third-order valence-electron chi connectivity index (χ3n) is 1.94. The molecule has 0 heterocycles. The summed E-state index contributed by atoms with van der Waals surface area (Å²) >= 11 is 0. The molecule has 0 unspecified atom stereocenters. The number of benzene rings is 1. The Balaban J connectivity index is 0.00000121. The van der Waals surface area contributed by atoms with Crippen molar-refractivity contribution in [3.05, 3.63) is 35.9 Å². The molecule has 0 saturated heterocycles. The standard InChI is InChI=1S/C10H15N.ClH/c1-2-10(11)8-9-6-4-3-5-7-9;/h3-7,10H,2,8,11H2,1H3;1H/t10-;/m0./s1. The van der Waals surface area contributed by atoms with Crippen LogP contribution < -0.4 is 18.1 Å². The molecule has 12 heavy (non-hydrogen) atoms. The van der Waals surface area contributed by atoms with Crippen LogP contribution >= 0.6 is 0 Å². The molecule has 68 valence electrons. The average Bonchev–Trinajstić information content (AvgIpc) is 2.06. The summed E-state index contributed by atoms with van der Waals surface area (Å²) in [6.07, 6.45) is 2.27. The van der Waals surface area contributed by atoms with E-state index in [4.69, 9.17) is 0 Å². The van der Waals surface area contributed by atoms with Crippen molar-refractivity contribution in [2.45, 2.75) is 25.8 Å². The van der Waals surface area contributed by atoms with Crippen molar-refractivity contribution >= 4 is 0 Å². The molecular formula is C10H16ClN. The second-order valence-electron chi connectivity index (χ2n) is 2.96. The summed E-state index contributed by atoms with van der Waals surface area (Å²) in [5.41, 5.74) is 5.45. The van der Waals surface area contributed by atoms with Gasteiger partial charge in [-0.15, -0.1) is 0 Å². The lowest BCUT2D eigenvalue weighted by molar-refractivity contribution is -0.419. The fourth-order valence-electron chi connectivity index (χ4n) is 1.09. The van der Waals surface area contributed by atoms with Crippen molar-refractivity contribution in [3.63, 3.8) is 0 Å². The Morgan fingerprint density at radius 1 is 1.25 bits per heavy atom. The van der Waals surface area contributed by atoms with Gasteiger partial charge in [0.2, 0.25) is 0 Å². The molecule has 1 nitrogen and oxygen atoms in total. The minimum absolute atomic E-state index is 0. The second-order valence-corrected chi connectivity index (χ2v) is 2.96. The monoisotopic (exact) mass is 185 g/mol. The van der Waals surface area contributed by atoms with Gasteiger partial charge < -0.3 is 18.1 Å². The van der Waals surface area contributed by atoms with Crippen LogP contribution in [-0.2, 0) is 6.42 Å². The molecule has 0 fully saturated rings. The van der Waals surface area contributed by atoms with Gasteiger partial charge in [-0.25, -0.2) is 0 Å². The van der Waals surface area contributed by atoms with Crippen LogP contribution in [0.15, 0.2) is 30.3 Å². The van der Waals surface area contributed by atoms with Gasteiger partial charge in [0, 0.05) is 6.42 Å². The van der Waals surface area contributed by atoms with Crippen LogP contribution in [0.25, 0.3) is 0 Å². The van der Waals surface area contributed by atoms with E-state index in [1.54, 1.807) is 0 Å². The maximum Gasteiger partial charge on any atom is 0.0881 e. The lowest BCUT2D eigenvalue weighted by atomic mass is 10.1. The summed E-state index contributed by atoms with van der Waals surface area (Å²) in [5, 5.41) is 0. The van der Waals surface area contributed by atoms with Crippen LogP contribution in [0.3, 0.4) is 0 Å². The van der Waals surface area contributed by atoms with E-state index in [2.05, 4.69) is 36.9 Å². The fourth-order valence-corrected chi connectivity index (χ4v) is 1.09. The molecule has 1 aromatic carbocycles. The Morgan fingerprint density at radius 3 is 2.33 bits per heavy atom. The van der Waals surface area contributed by atoms with E-state index in [0.717, 1.165) is 12.8 Å². The Morgan fingerprint density at radius 2 is 1.83 bits per heavy atom. The summed E-state index contributed by atoms with van der Waals surface area (Å²) in [5.74, 6) is 0. The first-order valence-corrected chi connectivity index (χ1v) is 4.20. The van der Waals surface area contributed by atoms with E-state index in [1.807, 2.05) is 6.07 Å². The van der Waals surface area contributed by atoms with Gasteiger partial charge in [-0.3, -0.25) is 0 Å². The van der Waals surface area contributed by atoms with E-state index in [-0.39, 0.29) is 12.4 Å². The average molecular weight is 186 g/mol. The molecule has 3 N–H and O–H groups in total. The van der Waals surface area contributed by atoms with Crippen molar-refractivity contribution in [1.82, 2.24) is 0 Å². The zero-order chi connectivity index (χ0) is 8.10. The van der Waals surface area contributed by atoms with Crippen molar-refractivity contribution in [2.75, 3.05) is 0 Å². The second kappa shape index (κ2) is 6.04. The van der Waals surface area contributed by atoms with Gasteiger partial charge in [0.05, 0.1) is 6.04 Å². The lowest BCUT2D eigenvalue weighted by Crippen LogP contribution is -3.00. The molecule has 0 aliphatic carbocycles. The first-order valence-electron chi connectivity index (χ1n) is 4.20. The molecule has 0 aliphatic heterocycles. The number of hydrogen-bond acceptors (Lipinski definition) is 0. The highest BCUT2D eigenvalue weighted by Gasteiger charge is 2.02. The molecule has 2 heteroatoms. The van der Waals surface area contributed by atoms with E-state index < -0.39 is 0 Å². The van der Waals surface area contributed by atoms with Gasteiger partial charge in [-0.05, 0) is 12.0 Å².